The first-order valence-corrected chi connectivity index (χ1v) is 10.9. The van der Waals surface area contributed by atoms with Gasteiger partial charge in [-0.05, 0) is 68.1 Å². The molecule has 1 fully saturated rings. The topological polar surface area (TPSA) is 74.8 Å². The molecule has 0 spiro atoms. The van der Waals surface area contributed by atoms with Gasteiger partial charge in [-0.1, -0.05) is 23.4 Å². The van der Waals surface area contributed by atoms with Gasteiger partial charge in [0.15, 0.2) is 0 Å². The molecular formula is C24H22F3N5O2. The van der Waals surface area contributed by atoms with E-state index < -0.39 is 6.36 Å². The Kier molecular flexibility index (Phi) is 5.18. The highest BCUT2D eigenvalue weighted by molar-refractivity contribution is 5.83. The molecule has 10 heteroatoms. The van der Waals surface area contributed by atoms with Crippen LogP contribution in [0.1, 0.15) is 24.2 Å². The summed E-state index contributed by atoms with van der Waals surface area (Å²) in [5.41, 5.74) is 3.52. The molecule has 5 rings (SSSR count). The first-order chi connectivity index (χ1) is 16.1. The first kappa shape index (κ1) is 22.1. The average Bonchev–Trinajstić information content (AvgIpc) is 3.45. The lowest BCUT2D eigenvalue weighted by Gasteiger charge is -2.17. The summed E-state index contributed by atoms with van der Waals surface area (Å²) in [6, 6.07) is 12.7. The van der Waals surface area contributed by atoms with Crippen LogP contribution in [-0.4, -0.2) is 31.1 Å². The second-order valence-corrected chi connectivity index (χ2v) is 8.94. The van der Waals surface area contributed by atoms with Gasteiger partial charge in [0.1, 0.15) is 11.3 Å². The largest absolute Gasteiger partial charge is 0.573 e. The predicted octanol–water partition coefficient (Wildman–Crippen LogP) is 4.65. The number of alkyl halides is 3. The molecule has 0 bridgehead atoms. The molecule has 34 heavy (non-hydrogen) atoms. The normalized spacial score (nSPS) is 15.0. The fourth-order valence-electron chi connectivity index (χ4n) is 4.22. The van der Waals surface area contributed by atoms with Crippen LogP contribution in [0.25, 0.3) is 22.0 Å². The molecule has 0 radical (unpaired) electrons. The zero-order valence-electron chi connectivity index (χ0n) is 18.6. The van der Waals surface area contributed by atoms with E-state index in [-0.39, 0.29) is 16.7 Å². The monoisotopic (exact) mass is 469 g/mol. The standard InChI is InChI=1S/C24H22F3N5O2/c1-15-11-16(2)31(29-15)13-23(9-10-23)14-32-22(33)20-12-18(5-8-21(20)28-30-32)17-3-6-19(7-4-17)34-24(25,26)27/h3-8,11-12H,9-10,13-14H2,1-2H3. The average molecular weight is 469 g/mol. The summed E-state index contributed by atoms with van der Waals surface area (Å²) in [5.74, 6) is -0.303. The molecule has 0 N–H and O–H groups in total. The van der Waals surface area contributed by atoms with Gasteiger partial charge in [-0.2, -0.15) is 5.10 Å². The number of benzene rings is 2. The van der Waals surface area contributed by atoms with E-state index in [4.69, 9.17) is 0 Å². The highest BCUT2D eigenvalue weighted by Crippen LogP contribution is 2.48. The molecule has 1 saturated carbocycles. The van der Waals surface area contributed by atoms with E-state index in [0.29, 0.717) is 35.1 Å². The maximum absolute atomic E-state index is 13.2. The number of fused-ring (bicyclic) bond motifs is 1. The second-order valence-electron chi connectivity index (χ2n) is 8.94. The number of aryl methyl sites for hydroxylation is 2. The van der Waals surface area contributed by atoms with Crippen molar-refractivity contribution in [1.29, 1.82) is 0 Å². The van der Waals surface area contributed by atoms with Gasteiger partial charge in [-0.15, -0.1) is 18.3 Å². The Morgan fingerprint density at radius 3 is 2.26 bits per heavy atom. The lowest BCUT2D eigenvalue weighted by Crippen LogP contribution is -2.30. The van der Waals surface area contributed by atoms with E-state index in [1.54, 1.807) is 18.2 Å². The van der Waals surface area contributed by atoms with E-state index >= 15 is 0 Å². The molecule has 176 valence electrons. The molecule has 2 aromatic heterocycles. The molecule has 7 nitrogen and oxygen atoms in total. The van der Waals surface area contributed by atoms with Crippen molar-refractivity contribution < 1.29 is 17.9 Å². The summed E-state index contributed by atoms with van der Waals surface area (Å²) >= 11 is 0. The van der Waals surface area contributed by atoms with Gasteiger partial charge in [-0.25, -0.2) is 4.68 Å². The summed E-state index contributed by atoms with van der Waals surface area (Å²) in [4.78, 5) is 13.2. The third-order valence-corrected chi connectivity index (χ3v) is 6.17. The van der Waals surface area contributed by atoms with Crippen LogP contribution in [0.4, 0.5) is 13.2 Å². The van der Waals surface area contributed by atoms with Crippen molar-refractivity contribution in [3.63, 3.8) is 0 Å². The van der Waals surface area contributed by atoms with E-state index in [0.717, 1.165) is 24.2 Å². The summed E-state index contributed by atoms with van der Waals surface area (Å²) in [7, 11) is 0. The molecule has 0 amide bonds. The molecule has 2 aromatic carbocycles. The Morgan fingerprint density at radius 1 is 0.971 bits per heavy atom. The number of halogens is 3. The van der Waals surface area contributed by atoms with Crippen molar-refractivity contribution >= 4 is 10.9 Å². The highest BCUT2D eigenvalue weighted by Gasteiger charge is 2.44. The van der Waals surface area contributed by atoms with Crippen LogP contribution in [0.3, 0.4) is 0 Å². The Hall–Kier alpha value is -3.69. The van der Waals surface area contributed by atoms with Crippen molar-refractivity contribution in [2.75, 3.05) is 0 Å². The molecule has 2 heterocycles. The van der Waals surface area contributed by atoms with Crippen molar-refractivity contribution in [3.05, 3.63) is 70.3 Å². The van der Waals surface area contributed by atoms with Crippen LogP contribution in [0.5, 0.6) is 5.75 Å². The first-order valence-electron chi connectivity index (χ1n) is 10.9. The summed E-state index contributed by atoms with van der Waals surface area (Å²) in [6.45, 7) is 5.13. The molecule has 0 atom stereocenters. The zero-order valence-corrected chi connectivity index (χ0v) is 18.6. The van der Waals surface area contributed by atoms with Crippen LogP contribution >= 0.6 is 0 Å². The zero-order chi connectivity index (χ0) is 24.1. The molecule has 0 saturated heterocycles. The fourth-order valence-corrected chi connectivity index (χ4v) is 4.22. The number of ether oxygens (including phenoxy) is 1. The molecule has 4 aromatic rings. The van der Waals surface area contributed by atoms with E-state index in [1.165, 1.54) is 28.9 Å². The SMILES string of the molecule is Cc1cc(C)n(CC2(Cn3nnc4ccc(-c5ccc(OC(F)(F)F)cc5)cc4c3=O)CC2)n1. The predicted molar refractivity (Wildman–Crippen MR) is 119 cm³/mol. The minimum atomic E-state index is -4.75. The van der Waals surface area contributed by atoms with Crippen LogP contribution in [0.15, 0.2) is 53.3 Å². The summed E-state index contributed by atoms with van der Waals surface area (Å²) < 4.78 is 44.5. The number of nitrogens with zero attached hydrogens (tertiary/aromatic N) is 5. The van der Waals surface area contributed by atoms with Gasteiger partial charge >= 0.3 is 6.36 Å². The molecule has 0 unspecified atom stereocenters. The third-order valence-electron chi connectivity index (χ3n) is 6.17. The van der Waals surface area contributed by atoms with Crippen LogP contribution in [0, 0.1) is 19.3 Å². The molecular weight excluding hydrogens is 447 g/mol. The van der Waals surface area contributed by atoms with Gasteiger partial charge in [0, 0.05) is 17.7 Å². The Labute approximate surface area is 192 Å². The van der Waals surface area contributed by atoms with E-state index in [1.807, 2.05) is 24.6 Å². The van der Waals surface area contributed by atoms with Crippen molar-refractivity contribution in [2.24, 2.45) is 5.41 Å². The number of aromatic nitrogens is 5. The van der Waals surface area contributed by atoms with Gasteiger partial charge < -0.3 is 4.74 Å². The van der Waals surface area contributed by atoms with Crippen LogP contribution < -0.4 is 10.3 Å². The number of hydrogen-bond donors (Lipinski definition) is 0. The van der Waals surface area contributed by atoms with Gasteiger partial charge in [-0.3, -0.25) is 9.48 Å². The van der Waals surface area contributed by atoms with Crippen molar-refractivity contribution in [2.45, 2.75) is 46.1 Å². The van der Waals surface area contributed by atoms with Gasteiger partial charge in [0.2, 0.25) is 0 Å². The summed E-state index contributed by atoms with van der Waals surface area (Å²) in [6.07, 6.45) is -2.80. The Morgan fingerprint density at radius 2 is 1.65 bits per heavy atom. The number of hydrogen-bond acceptors (Lipinski definition) is 5. The van der Waals surface area contributed by atoms with Gasteiger partial charge in [0.05, 0.1) is 17.6 Å². The molecule has 1 aliphatic carbocycles. The van der Waals surface area contributed by atoms with Crippen molar-refractivity contribution in [1.82, 2.24) is 24.8 Å². The van der Waals surface area contributed by atoms with Crippen LogP contribution in [-0.2, 0) is 13.1 Å². The van der Waals surface area contributed by atoms with E-state index in [2.05, 4.69) is 20.1 Å². The maximum Gasteiger partial charge on any atom is 0.573 e. The fraction of sp³-hybridized carbons (Fsp3) is 0.333. The number of rotatable bonds is 6. The van der Waals surface area contributed by atoms with Gasteiger partial charge in [0.25, 0.3) is 5.56 Å². The highest BCUT2D eigenvalue weighted by atomic mass is 19.4. The maximum atomic E-state index is 13.2. The van der Waals surface area contributed by atoms with E-state index in [9.17, 15) is 18.0 Å². The lowest BCUT2D eigenvalue weighted by atomic mass is 10.0. The van der Waals surface area contributed by atoms with Crippen molar-refractivity contribution in [3.8, 4) is 16.9 Å². The smallest absolute Gasteiger partial charge is 0.406 e. The Bertz CT molecular complexity index is 1420. The Balaban J connectivity index is 1.42. The van der Waals surface area contributed by atoms with Crippen LogP contribution in [0.2, 0.25) is 0 Å². The minimum Gasteiger partial charge on any atom is -0.406 e. The molecule has 0 aliphatic heterocycles. The quantitative estimate of drug-likeness (QED) is 0.411. The summed E-state index contributed by atoms with van der Waals surface area (Å²) in [5, 5.41) is 13.3. The molecule has 1 aliphatic rings. The lowest BCUT2D eigenvalue weighted by molar-refractivity contribution is -0.274. The minimum absolute atomic E-state index is 0.0820. The third kappa shape index (κ3) is 4.52. The second kappa shape index (κ2) is 7.96.